The maximum atomic E-state index is 11.6. The summed E-state index contributed by atoms with van der Waals surface area (Å²) in [6.07, 6.45) is 2.56. The zero-order chi connectivity index (χ0) is 12.7. The van der Waals surface area contributed by atoms with Crippen molar-refractivity contribution in [1.82, 2.24) is 19.5 Å². The van der Waals surface area contributed by atoms with Gasteiger partial charge in [0, 0.05) is 18.3 Å². The lowest BCUT2D eigenvalue weighted by Crippen LogP contribution is -2.27. The summed E-state index contributed by atoms with van der Waals surface area (Å²) < 4.78 is 6.50. The molecule has 0 aromatic carbocycles. The van der Waals surface area contributed by atoms with Gasteiger partial charge in [-0.05, 0) is 0 Å². The zero-order valence-corrected chi connectivity index (χ0v) is 9.51. The Morgan fingerprint density at radius 3 is 2.89 bits per heavy atom. The number of aromatic nitrogens is 4. The van der Waals surface area contributed by atoms with Crippen molar-refractivity contribution in [3.05, 3.63) is 50.6 Å². The first-order valence-electron chi connectivity index (χ1n) is 4.87. The average Bonchev–Trinajstić information content (AvgIpc) is 2.74. The van der Waals surface area contributed by atoms with Crippen LogP contribution in [0.15, 0.2) is 38.7 Å². The highest BCUT2D eigenvalue weighted by Gasteiger charge is 2.11. The van der Waals surface area contributed by atoms with Crippen LogP contribution in [0.5, 0.6) is 0 Å². The fraction of sp³-hybridized carbons (Fsp3) is 0. The first-order valence-corrected chi connectivity index (χ1v) is 5.25. The zero-order valence-electron chi connectivity index (χ0n) is 8.75. The molecule has 0 atom stereocenters. The molecule has 0 saturated carbocycles. The molecule has 0 radical (unpaired) electrons. The predicted molar refractivity (Wildman–Crippen MR) is 63.0 cm³/mol. The molecule has 18 heavy (non-hydrogen) atoms. The van der Waals surface area contributed by atoms with Crippen LogP contribution in [0.3, 0.4) is 0 Å². The van der Waals surface area contributed by atoms with Gasteiger partial charge in [-0.25, -0.2) is 19.3 Å². The minimum Gasteiger partial charge on any atom is -0.421 e. The average molecular weight is 265 g/mol. The van der Waals surface area contributed by atoms with E-state index in [1.807, 2.05) is 0 Å². The van der Waals surface area contributed by atoms with E-state index in [0.717, 1.165) is 4.57 Å². The molecule has 3 aromatic heterocycles. The molecule has 0 aliphatic rings. The van der Waals surface area contributed by atoms with Crippen molar-refractivity contribution < 1.29 is 4.42 Å². The summed E-state index contributed by atoms with van der Waals surface area (Å²) in [6.45, 7) is 0. The van der Waals surface area contributed by atoms with Crippen molar-refractivity contribution >= 4 is 22.7 Å². The molecule has 7 nitrogen and oxygen atoms in total. The first-order chi connectivity index (χ1) is 8.65. The molecule has 0 bridgehead atoms. The van der Waals surface area contributed by atoms with E-state index in [9.17, 15) is 9.59 Å². The summed E-state index contributed by atoms with van der Waals surface area (Å²) in [4.78, 5) is 32.3. The number of halogens is 1. The van der Waals surface area contributed by atoms with Gasteiger partial charge < -0.3 is 4.42 Å². The van der Waals surface area contributed by atoms with Crippen molar-refractivity contribution in [3.8, 4) is 5.88 Å². The van der Waals surface area contributed by atoms with Gasteiger partial charge in [0.25, 0.3) is 5.56 Å². The van der Waals surface area contributed by atoms with Gasteiger partial charge >= 0.3 is 5.69 Å². The molecule has 0 fully saturated rings. The van der Waals surface area contributed by atoms with Crippen LogP contribution in [0.4, 0.5) is 0 Å². The van der Waals surface area contributed by atoms with E-state index in [1.165, 1.54) is 24.7 Å². The quantitative estimate of drug-likeness (QED) is 0.654. The van der Waals surface area contributed by atoms with E-state index in [2.05, 4.69) is 15.0 Å². The van der Waals surface area contributed by atoms with Crippen LogP contribution in [0, 0.1) is 0 Å². The van der Waals surface area contributed by atoms with Crippen molar-refractivity contribution in [2.75, 3.05) is 0 Å². The molecular formula is C10H5ClN4O3. The maximum Gasteiger partial charge on any atom is 0.335 e. The lowest BCUT2D eigenvalue weighted by molar-refractivity contribution is 0.559. The molecule has 0 unspecified atom stereocenters. The highest BCUT2D eigenvalue weighted by molar-refractivity contribution is 6.33. The smallest absolute Gasteiger partial charge is 0.335 e. The minimum atomic E-state index is -0.606. The van der Waals surface area contributed by atoms with Crippen LogP contribution in [0.2, 0.25) is 5.15 Å². The molecule has 0 saturated heterocycles. The van der Waals surface area contributed by atoms with Crippen LogP contribution >= 0.6 is 11.6 Å². The number of nitrogens with one attached hydrogen (secondary N) is 1. The Morgan fingerprint density at radius 1 is 1.33 bits per heavy atom. The lowest BCUT2D eigenvalue weighted by atomic mass is 10.4. The number of aromatic amines is 1. The number of hydrogen-bond acceptors (Lipinski definition) is 5. The second kappa shape index (κ2) is 3.81. The minimum absolute atomic E-state index is 0.202. The van der Waals surface area contributed by atoms with Gasteiger partial charge in [-0.1, -0.05) is 11.6 Å². The van der Waals surface area contributed by atoms with Gasteiger partial charge in [0.1, 0.15) is 11.5 Å². The van der Waals surface area contributed by atoms with E-state index in [-0.39, 0.29) is 16.8 Å². The normalized spacial score (nSPS) is 10.9. The van der Waals surface area contributed by atoms with E-state index in [0.29, 0.717) is 5.39 Å². The fourth-order valence-electron chi connectivity index (χ4n) is 1.52. The van der Waals surface area contributed by atoms with E-state index < -0.39 is 11.2 Å². The molecule has 0 aliphatic heterocycles. The van der Waals surface area contributed by atoms with Crippen molar-refractivity contribution in [2.45, 2.75) is 0 Å². The summed E-state index contributed by atoms with van der Waals surface area (Å²) in [5, 5.41) is 0.722. The van der Waals surface area contributed by atoms with Crippen molar-refractivity contribution in [2.24, 2.45) is 0 Å². The highest BCUT2D eigenvalue weighted by Crippen LogP contribution is 2.24. The first kappa shape index (κ1) is 10.7. The molecule has 90 valence electrons. The summed E-state index contributed by atoms with van der Waals surface area (Å²) in [7, 11) is 0. The largest absolute Gasteiger partial charge is 0.421 e. The number of rotatable bonds is 1. The van der Waals surface area contributed by atoms with Crippen LogP contribution in [-0.4, -0.2) is 19.5 Å². The molecule has 3 heterocycles. The van der Waals surface area contributed by atoms with Crippen molar-refractivity contribution in [1.29, 1.82) is 0 Å². The Balaban J connectivity index is 2.29. The third-order valence-electron chi connectivity index (χ3n) is 2.33. The number of fused-ring (bicyclic) bond motifs is 1. The second-order valence-corrected chi connectivity index (χ2v) is 3.81. The van der Waals surface area contributed by atoms with Gasteiger partial charge in [0.15, 0.2) is 0 Å². The maximum absolute atomic E-state index is 11.6. The molecule has 0 spiro atoms. The Hall–Kier alpha value is -2.41. The lowest BCUT2D eigenvalue weighted by Gasteiger charge is -1.97. The van der Waals surface area contributed by atoms with Crippen LogP contribution < -0.4 is 11.2 Å². The predicted octanol–water partition coefficient (Wildman–Crippen LogP) is 0.715. The topological polar surface area (TPSA) is 93.8 Å². The third kappa shape index (κ3) is 1.61. The van der Waals surface area contributed by atoms with Gasteiger partial charge in [0.05, 0.1) is 5.39 Å². The third-order valence-corrected chi connectivity index (χ3v) is 2.63. The summed E-state index contributed by atoms with van der Waals surface area (Å²) in [5.74, 6) is 0.202. The second-order valence-electron chi connectivity index (χ2n) is 3.45. The molecule has 3 rings (SSSR count). The van der Waals surface area contributed by atoms with E-state index in [4.69, 9.17) is 16.0 Å². The molecule has 3 aromatic rings. The van der Waals surface area contributed by atoms with E-state index in [1.54, 1.807) is 0 Å². The summed E-state index contributed by atoms with van der Waals surface area (Å²) in [6, 6.07) is 2.74. The Bertz CT molecular complexity index is 848. The van der Waals surface area contributed by atoms with Crippen LogP contribution in [0.1, 0.15) is 0 Å². The SMILES string of the molecule is O=c1ccn(-c2cc3c(Cl)ncnc3o2)c(=O)[nH]1. The molecule has 0 amide bonds. The van der Waals surface area contributed by atoms with Gasteiger partial charge in [-0.2, -0.15) is 0 Å². The molecular weight excluding hydrogens is 260 g/mol. The van der Waals surface area contributed by atoms with E-state index >= 15 is 0 Å². The number of H-pyrrole nitrogens is 1. The van der Waals surface area contributed by atoms with Gasteiger partial charge in [0.2, 0.25) is 11.6 Å². The summed E-state index contributed by atoms with van der Waals surface area (Å²) in [5.41, 5.74) is -0.820. The fourth-order valence-corrected chi connectivity index (χ4v) is 1.70. The van der Waals surface area contributed by atoms with Gasteiger partial charge in [-0.3, -0.25) is 9.78 Å². The van der Waals surface area contributed by atoms with Crippen LogP contribution in [-0.2, 0) is 0 Å². The highest BCUT2D eigenvalue weighted by atomic mass is 35.5. The standard InChI is InChI=1S/C10H5ClN4O3/c11-8-5-3-7(18-9(5)13-4-12-8)15-2-1-6(16)14-10(15)17/h1-4H,(H,14,16,17). The Kier molecular flexibility index (Phi) is 2.27. The Labute approximate surface area is 104 Å². The monoisotopic (exact) mass is 264 g/mol. The number of furan rings is 1. The Morgan fingerprint density at radius 2 is 2.17 bits per heavy atom. The van der Waals surface area contributed by atoms with Gasteiger partial charge in [-0.15, -0.1) is 0 Å². The molecule has 0 aliphatic carbocycles. The molecule has 8 heteroatoms. The van der Waals surface area contributed by atoms with Crippen molar-refractivity contribution in [3.63, 3.8) is 0 Å². The van der Waals surface area contributed by atoms with Crippen LogP contribution in [0.25, 0.3) is 17.0 Å². The molecule has 1 N–H and O–H groups in total. The number of hydrogen-bond donors (Lipinski definition) is 1. The number of nitrogens with zero attached hydrogens (tertiary/aromatic N) is 3. The summed E-state index contributed by atoms with van der Waals surface area (Å²) >= 11 is 5.87.